The number of benzene rings is 1. The van der Waals surface area contributed by atoms with Crippen LogP contribution in [0.4, 0.5) is 8.78 Å². The van der Waals surface area contributed by atoms with E-state index in [0.717, 1.165) is 12.1 Å². The third-order valence-electron chi connectivity index (χ3n) is 2.85. The van der Waals surface area contributed by atoms with Gasteiger partial charge in [0.2, 0.25) is 0 Å². The summed E-state index contributed by atoms with van der Waals surface area (Å²) in [5, 5.41) is -0.304. The second-order valence-electron chi connectivity index (χ2n) is 4.27. The zero-order chi connectivity index (χ0) is 14.6. The maximum Gasteiger partial charge on any atom is 0.150 e. The third kappa shape index (κ3) is 4.71. The molecule has 1 unspecified atom stereocenters. The average Bonchev–Trinajstić information content (AvgIpc) is 2.33. The van der Waals surface area contributed by atoms with Crippen LogP contribution in [0.2, 0.25) is 5.02 Å². The molecule has 0 saturated carbocycles. The minimum atomic E-state index is -3.07. The molecule has 1 rings (SSSR count). The molecular weight excluding hydrogens is 296 g/mol. The smallest absolute Gasteiger partial charge is 0.150 e. The van der Waals surface area contributed by atoms with Gasteiger partial charge in [-0.1, -0.05) is 18.5 Å². The number of hydrogen-bond donors (Lipinski definition) is 1. The van der Waals surface area contributed by atoms with Crippen molar-refractivity contribution in [3.05, 3.63) is 34.4 Å². The second-order valence-corrected chi connectivity index (χ2v) is 7.15. The summed E-state index contributed by atoms with van der Waals surface area (Å²) in [7, 11) is -3.07. The fourth-order valence-electron chi connectivity index (χ4n) is 1.65. The van der Waals surface area contributed by atoms with E-state index in [4.69, 9.17) is 17.3 Å². The summed E-state index contributed by atoms with van der Waals surface area (Å²) < 4.78 is 49.4. The second kappa shape index (κ2) is 6.63. The fourth-order valence-corrected chi connectivity index (χ4v) is 2.69. The Morgan fingerprint density at radius 2 is 1.95 bits per heavy atom. The first-order valence-corrected chi connectivity index (χ1v) is 8.07. The minimum Gasteiger partial charge on any atom is -0.324 e. The van der Waals surface area contributed by atoms with Crippen LogP contribution in [0.5, 0.6) is 0 Å². The minimum absolute atomic E-state index is 0.00507. The molecule has 2 N–H and O–H groups in total. The molecule has 0 saturated heterocycles. The molecule has 1 aromatic rings. The number of hydrogen-bond acceptors (Lipinski definition) is 3. The monoisotopic (exact) mass is 311 g/mol. The standard InChI is InChI=1S/C12H16ClF2NO2S/c1-2-19(17,18)5-3-4-12(16)8-6-11(15)9(13)7-10(8)14/h6-7,12H,2-5,16H2,1H3. The van der Waals surface area contributed by atoms with Crippen molar-refractivity contribution in [3.8, 4) is 0 Å². The van der Waals surface area contributed by atoms with E-state index in [1.807, 2.05) is 0 Å². The van der Waals surface area contributed by atoms with Crippen molar-refractivity contribution in [1.29, 1.82) is 0 Å². The molecule has 0 aromatic heterocycles. The molecule has 3 nitrogen and oxygen atoms in total. The molecule has 0 spiro atoms. The lowest BCUT2D eigenvalue weighted by Crippen LogP contribution is -2.15. The fraction of sp³-hybridized carbons (Fsp3) is 0.500. The largest absolute Gasteiger partial charge is 0.324 e. The summed E-state index contributed by atoms with van der Waals surface area (Å²) in [6, 6.07) is 1.07. The van der Waals surface area contributed by atoms with E-state index < -0.39 is 27.5 Å². The zero-order valence-electron chi connectivity index (χ0n) is 10.5. The molecule has 0 fully saturated rings. The Hall–Kier alpha value is -0.720. The number of nitrogens with two attached hydrogens (primary N) is 1. The predicted molar refractivity (Wildman–Crippen MR) is 71.9 cm³/mol. The van der Waals surface area contributed by atoms with E-state index in [1.165, 1.54) is 0 Å². The molecule has 19 heavy (non-hydrogen) atoms. The van der Waals surface area contributed by atoms with E-state index in [2.05, 4.69) is 0 Å². The molecule has 0 amide bonds. The van der Waals surface area contributed by atoms with Gasteiger partial charge in [-0.25, -0.2) is 17.2 Å². The van der Waals surface area contributed by atoms with Crippen LogP contribution < -0.4 is 5.73 Å². The van der Waals surface area contributed by atoms with Gasteiger partial charge in [0.15, 0.2) is 0 Å². The Balaban J connectivity index is 2.69. The number of rotatable bonds is 6. The highest BCUT2D eigenvalue weighted by Crippen LogP contribution is 2.25. The Morgan fingerprint density at radius 3 is 2.53 bits per heavy atom. The zero-order valence-corrected chi connectivity index (χ0v) is 12.1. The van der Waals surface area contributed by atoms with Gasteiger partial charge >= 0.3 is 0 Å². The molecule has 108 valence electrons. The van der Waals surface area contributed by atoms with Crippen LogP contribution in [0.15, 0.2) is 12.1 Å². The molecule has 0 bridgehead atoms. The molecule has 0 aliphatic heterocycles. The highest BCUT2D eigenvalue weighted by Gasteiger charge is 2.16. The van der Waals surface area contributed by atoms with Crippen molar-refractivity contribution >= 4 is 21.4 Å². The van der Waals surface area contributed by atoms with E-state index >= 15 is 0 Å². The summed E-state index contributed by atoms with van der Waals surface area (Å²) in [6.45, 7) is 1.56. The van der Waals surface area contributed by atoms with Crippen molar-refractivity contribution in [2.45, 2.75) is 25.8 Å². The topological polar surface area (TPSA) is 60.2 Å². The molecule has 0 radical (unpaired) electrons. The van der Waals surface area contributed by atoms with Gasteiger partial charge in [0.05, 0.1) is 10.8 Å². The van der Waals surface area contributed by atoms with Gasteiger partial charge in [0.1, 0.15) is 21.5 Å². The molecule has 0 aliphatic carbocycles. The number of sulfone groups is 1. The quantitative estimate of drug-likeness (QED) is 0.822. The van der Waals surface area contributed by atoms with Gasteiger partial charge in [0.25, 0.3) is 0 Å². The highest BCUT2D eigenvalue weighted by molar-refractivity contribution is 7.91. The highest BCUT2D eigenvalue weighted by atomic mass is 35.5. The maximum absolute atomic E-state index is 13.6. The Morgan fingerprint density at radius 1 is 1.32 bits per heavy atom. The van der Waals surface area contributed by atoms with Gasteiger partial charge in [-0.3, -0.25) is 0 Å². The Bertz CT molecular complexity index is 549. The van der Waals surface area contributed by atoms with E-state index in [1.54, 1.807) is 6.92 Å². The average molecular weight is 312 g/mol. The summed E-state index contributed by atoms with van der Waals surface area (Å²) in [6.07, 6.45) is 0.568. The molecule has 0 heterocycles. The van der Waals surface area contributed by atoms with Crippen molar-refractivity contribution in [2.75, 3.05) is 11.5 Å². The summed E-state index contributed by atoms with van der Waals surface area (Å²) in [4.78, 5) is 0. The van der Waals surface area contributed by atoms with E-state index in [-0.39, 0.29) is 28.5 Å². The molecule has 1 atom stereocenters. The summed E-state index contributed by atoms with van der Waals surface area (Å²) in [5.74, 6) is -1.37. The molecular formula is C12H16ClF2NO2S. The predicted octanol–water partition coefficient (Wildman–Crippen LogP) is 2.83. The van der Waals surface area contributed by atoms with Crippen molar-refractivity contribution in [3.63, 3.8) is 0 Å². The van der Waals surface area contributed by atoms with Gasteiger partial charge < -0.3 is 5.73 Å². The van der Waals surface area contributed by atoms with Crippen molar-refractivity contribution < 1.29 is 17.2 Å². The SMILES string of the molecule is CCS(=O)(=O)CCCC(N)c1cc(F)c(Cl)cc1F. The molecule has 7 heteroatoms. The van der Waals surface area contributed by atoms with Crippen LogP contribution >= 0.6 is 11.6 Å². The van der Waals surface area contributed by atoms with Crippen LogP contribution in [0.25, 0.3) is 0 Å². The van der Waals surface area contributed by atoms with Crippen LogP contribution in [0.1, 0.15) is 31.4 Å². The maximum atomic E-state index is 13.6. The number of halogens is 3. The van der Waals surface area contributed by atoms with Crippen molar-refractivity contribution in [2.24, 2.45) is 5.73 Å². The van der Waals surface area contributed by atoms with Crippen molar-refractivity contribution in [1.82, 2.24) is 0 Å². The molecule has 0 aliphatic rings. The normalized spacial score (nSPS) is 13.5. The lowest BCUT2D eigenvalue weighted by Gasteiger charge is -2.13. The summed E-state index contributed by atoms with van der Waals surface area (Å²) >= 11 is 5.44. The van der Waals surface area contributed by atoms with Gasteiger partial charge in [-0.05, 0) is 25.0 Å². The lowest BCUT2D eigenvalue weighted by atomic mass is 10.0. The summed E-state index contributed by atoms with van der Waals surface area (Å²) in [5.41, 5.74) is 5.75. The van der Waals surface area contributed by atoms with E-state index in [0.29, 0.717) is 6.42 Å². The van der Waals surface area contributed by atoms with Gasteiger partial charge in [-0.2, -0.15) is 0 Å². The van der Waals surface area contributed by atoms with Crippen LogP contribution in [0.3, 0.4) is 0 Å². The first kappa shape index (κ1) is 16.3. The molecule has 1 aromatic carbocycles. The van der Waals surface area contributed by atoms with E-state index in [9.17, 15) is 17.2 Å². The Kier molecular flexibility index (Phi) is 5.70. The van der Waals surface area contributed by atoms with Gasteiger partial charge in [0, 0.05) is 17.4 Å². The van der Waals surface area contributed by atoms with Gasteiger partial charge in [-0.15, -0.1) is 0 Å². The van der Waals surface area contributed by atoms with Crippen LogP contribution in [0, 0.1) is 11.6 Å². The lowest BCUT2D eigenvalue weighted by molar-refractivity contribution is 0.542. The van der Waals surface area contributed by atoms with Crippen LogP contribution in [-0.2, 0) is 9.84 Å². The Labute approximate surface area is 116 Å². The first-order chi connectivity index (χ1) is 8.76. The third-order valence-corrected chi connectivity index (χ3v) is 4.93. The van der Waals surface area contributed by atoms with Crippen LogP contribution in [-0.4, -0.2) is 19.9 Å². The first-order valence-electron chi connectivity index (χ1n) is 5.87.